The Balaban J connectivity index is 1.93. The molecule has 1 unspecified atom stereocenters. The number of aliphatic hydroxyl groups excluding tert-OH is 2. The van der Waals surface area contributed by atoms with Gasteiger partial charge in [-0.2, -0.15) is 0 Å². The Kier molecular flexibility index (Phi) is 6.33. The van der Waals surface area contributed by atoms with Gasteiger partial charge in [0.1, 0.15) is 0 Å². The molecule has 2 heterocycles. The number of aliphatic hydroxyl groups is 2. The molecular formula is C16H26N4O4. The van der Waals surface area contributed by atoms with Gasteiger partial charge in [0, 0.05) is 20.6 Å². The van der Waals surface area contributed by atoms with Crippen molar-refractivity contribution in [2.24, 2.45) is 14.1 Å². The number of hydrogen-bond acceptors (Lipinski definition) is 5. The van der Waals surface area contributed by atoms with Crippen LogP contribution < -0.4 is 11.2 Å². The van der Waals surface area contributed by atoms with Gasteiger partial charge >= 0.3 is 5.69 Å². The van der Waals surface area contributed by atoms with Gasteiger partial charge in [0.05, 0.1) is 19.0 Å². The Labute approximate surface area is 140 Å². The summed E-state index contributed by atoms with van der Waals surface area (Å²) < 4.78 is 4.33. The summed E-state index contributed by atoms with van der Waals surface area (Å²) in [6.07, 6.45) is 5.98. The van der Waals surface area contributed by atoms with E-state index < -0.39 is 6.10 Å². The Bertz CT molecular complexity index is 790. The minimum Gasteiger partial charge on any atom is -0.394 e. The molecule has 2 aromatic rings. The number of hydrogen-bond donors (Lipinski definition) is 2. The lowest BCUT2D eigenvalue weighted by atomic mass is 10.1. The predicted octanol–water partition coefficient (Wildman–Crippen LogP) is 0.128. The van der Waals surface area contributed by atoms with E-state index in [1.54, 1.807) is 18.7 Å². The fourth-order valence-corrected chi connectivity index (χ4v) is 2.86. The van der Waals surface area contributed by atoms with E-state index in [4.69, 9.17) is 5.11 Å². The molecule has 8 heteroatoms. The maximum atomic E-state index is 12.5. The molecule has 2 rings (SSSR count). The molecule has 0 aliphatic rings. The largest absolute Gasteiger partial charge is 0.394 e. The van der Waals surface area contributed by atoms with Crippen LogP contribution >= 0.6 is 0 Å². The van der Waals surface area contributed by atoms with E-state index in [9.17, 15) is 14.7 Å². The molecule has 0 aliphatic carbocycles. The second-order valence-electron chi connectivity index (χ2n) is 6.22. The van der Waals surface area contributed by atoms with Crippen LogP contribution in [0.2, 0.25) is 0 Å². The molecule has 1 atom stereocenters. The van der Waals surface area contributed by atoms with Gasteiger partial charge in [-0.3, -0.25) is 13.9 Å². The van der Waals surface area contributed by atoms with Crippen molar-refractivity contribution in [2.45, 2.75) is 51.2 Å². The minimum absolute atomic E-state index is 0.192. The van der Waals surface area contributed by atoms with Gasteiger partial charge in [0.2, 0.25) is 0 Å². The number of unbranched alkanes of at least 4 members (excludes halogenated alkanes) is 4. The summed E-state index contributed by atoms with van der Waals surface area (Å²) in [5.74, 6) is 0. The third kappa shape index (κ3) is 3.93. The van der Waals surface area contributed by atoms with E-state index in [-0.39, 0.29) is 17.9 Å². The quantitative estimate of drug-likeness (QED) is 0.633. The van der Waals surface area contributed by atoms with Crippen LogP contribution in [0.15, 0.2) is 15.9 Å². The average molecular weight is 338 g/mol. The fraction of sp³-hybridized carbons (Fsp3) is 0.688. The SMILES string of the molecule is Cn1cnc2c1c(=O)n(CCCCCCCC(O)CO)c(=O)n2C. The van der Waals surface area contributed by atoms with E-state index in [2.05, 4.69) is 4.98 Å². The number of nitrogens with zero attached hydrogens (tertiary/aromatic N) is 4. The molecule has 0 radical (unpaired) electrons. The van der Waals surface area contributed by atoms with Crippen molar-refractivity contribution in [1.29, 1.82) is 0 Å². The Morgan fingerprint density at radius 1 is 1.12 bits per heavy atom. The number of aryl methyl sites for hydroxylation is 2. The van der Waals surface area contributed by atoms with Crippen molar-refractivity contribution in [3.8, 4) is 0 Å². The first-order valence-electron chi connectivity index (χ1n) is 8.37. The monoisotopic (exact) mass is 338 g/mol. The summed E-state index contributed by atoms with van der Waals surface area (Å²) in [7, 11) is 3.37. The summed E-state index contributed by atoms with van der Waals surface area (Å²) in [6, 6.07) is 0. The molecule has 0 spiro atoms. The van der Waals surface area contributed by atoms with Crippen molar-refractivity contribution < 1.29 is 10.2 Å². The van der Waals surface area contributed by atoms with Crippen molar-refractivity contribution in [3.63, 3.8) is 0 Å². The molecule has 8 nitrogen and oxygen atoms in total. The zero-order chi connectivity index (χ0) is 17.7. The maximum absolute atomic E-state index is 12.5. The van der Waals surface area contributed by atoms with E-state index in [0.717, 1.165) is 32.1 Å². The predicted molar refractivity (Wildman–Crippen MR) is 91.0 cm³/mol. The normalized spacial score (nSPS) is 12.8. The summed E-state index contributed by atoms with van der Waals surface area (Å²) >= 11 is 0. The van der Waals surface area contributed by atoms with Crippen molar-refractivity contribution >= 4 is 11.2 Å². The molecule has 134 valence electrons. The van der Waals surface area contributed by atoms with Gasteiger partial charge in [-0.05, 0) is 12.8 Å². The molecule has 0 saturated heterocycles. The third-order valence-electron chi connectivity index (χ3n) is 4.33. The molecule has 2 N–H and O–H groups in total. The number of rotatable bonds is 9. The molecule has 2 aromatic heterocycles. The topological polar surface area (TPSA) is 102 Å². The lowest BCUT2D eigenvalue weighted by molar-refractivity contribution is 0.0860. The second-order valence-corrected chi connectivity index (χ2v) is 6.22. The summed E-state index contributed by atoms with van der Waals surface area (Å²) in [5.41, 5.74) is 0.220. The van der Waals surface area contributed by atoms with Crippen LogP contribution in [0, 0.1) is 0 Å². The third-order valence-corrected chi connectivity index (χ3v) is 4.33. The van der Waals surface area contributed by atoms with Gasteiger partial charge in [-0.25, -0.2) is 9.78 Å². The Hall–Kier alpha value is -1.93. The standard InChI is InChI=1S/C16H26N4O4/c1-18-11-17-14-13(18)15(23)20(16(24)19(14)2)9-7-5-3-4-6-8-12(22)10-21/h11-12,21-22H,3-10H2,1-2H3. The van der Waals surface area contributed by atoms with Crippen LogP contribution in [-0.4, -0.2) is 41.6 Å². The highest BCUT2D eigenvalue weighted by atomic mass is 16.3. The Morgan fingerprint density at radius 2 is 1.79 bits per heavy atom. The van der Waals surface area contributed by atoms with Crippen LogP contribution in [0.4, 0.5) is 0 Å². The van der Waals surface area contributed by atoms with E-state index in [1.165, 1.54) is 15.5 Å². The molecular weight excluding hydrogens is 312 g/mol. The molecule has 0 bridgehead atoms. The molecule has 0 aliphatic heterocycles. The van der Waals surface area contributed by atoms with Gasteiger partial charge in [-0.15, -0.1) is 0 Å². The van der Waals surface area contributed by atoms with E-state index in [1.807, 2.05) is 0 Å². The maximum Gasteiger partial charge on any atom is 0.332 e. The van der Waals surface area contributed by atoms with E-state index >= 15 is 0 Å². The van der Waals surface area contributed by atoms with Crippen LogP contribution in [0.1, 0.15) is 38.5 Å². The highest BCUT2D eigenvalue weighted by molar-refractivity contribution is 5.69. The van der Waals surface area contributed by atoms with E-state index in [0.29, 0.717) is 24.1 Å². The molecule has 0 aromatic carbocycles. The molecule has 24 heavy (non-hydrogen) atoms. The highest BCUT2D eigenvalue weighted by Crippen LogP contribution is 2.08. The average Bonchev–Trinajstić information content (AvgIpc) is 2.96. The first-order valence-corrected chi connectivity index (χ1v) is 8.37. The highest BCUT2D eigenvalue weighted by Gasteiger charge is 2.14. The summed E-state index contributed by atoms with van der Waals surface area (Å²) in [6.45, 7) is 0.203. The van der Waals surface area contributed by atoms with Crippen molar-refractivity contribution in [2.75, 3.05) is 6.61 Å². The van der Waals surface area contributed by atoms with Crippen molar-refractivity contribution in [1.82, 2.24) is 18.7 Å². The number of aromatic nitrogens is 4. The van der Waals surface area contributed by atoms with Crippen LogP contribution in [-0.2, 0) is 20.6 Å². The summed E-state index contributed by atoms with van der Waals surface area (Å²) in [4.78, 5) is 28.9. The van der Waals surface area contributed by atoms with Gasteiger partial charge < -0.3 is 14.8 Å². The van der Waals surface area contributed by atoms with Crippen LogP contribution in [0.25, 0.3) is 11.2 Å². The Morgan fingerprint density at radius 3 is 2.50 bits per heavy atom. The van der Waals surface area contributed by atoms with Crippen LogP contribution in [0.3, 0.4) is 0 Å². The number of imidazole rings is 1. The smallest absolute Gasteiger partial charge is 0.332 e. The van der Waals surface area contributed by atoms with Gasteiger partial charge in [-0.1, -0.05) is 25.7 Å². The van der Waals surface area contributed by atoms with Crippen LogP contribution in [0.5, 0.6) is 0 Å². The zero-order valence-corrected chi connectivity index (χ0v) is 14.3. The summed E-state index contributed by atoms with van der Waals surface area (Å²) in [5, 5.41) is 18.0. The fourth-order valence-electron chi connectivity index (χ4n) is 2.86. The molecule has 0 amide bonds. The minimum atomic E-state index is -0.628. The van der Waals surface area contributed by atoms with Gasteiger partial charge in [0.25, 0.3) is 5.56 Å². The zero-order valence-electron chi connectivity index (χ0n) is 14.3. The first-order chi connectivity index (χ1) is 11.5. The van der Waals surface area contributed by atoms with Gasteiger partial charge in [0.15, 0.2) is 11.2 Å². The molecule has 0 fully saturated rings. The molecule has 0 saturated carbocycles. The first kappa shape index (κ1) is 18.4. The lowest BCUT2D eigenvalue weighted by Crippen LogP contribution is -2.39. The second kappa shape index (κ2) is 8.25. The van der Waals surface area contributed by atoms with Crippen molar-refractivity contribution in [3.05, 3.63) is 27.2 Å². The lowest BCUT2D eigenvalue weighted by Gasteiger charge is -2.09. The number of fused-ring (bicyclic) bond motifs is 1.